The van der Waals surface area contributed by atoms with Gasteiger partial charge in [-0.3, -0.25) is 0 Å². The number of ether oxygens (including phenoxy) is 1. The minimum absolute atomic E-state index is 0.663. The summed E-state index contributed by atoms with van der Waals surface area (Å²) in [6.45, 7) is 4.03. The zero-order valence-corrected chi connectivity index (χ0v) is 12.6. The summed E-state index contributed by atoms with van der Waals surface area (Å²) in [5.74, 6) is 0.898. The SMILES string of the molecule is c1ccc(-c2noc(N3CCOCC3)c2CNC2CC2)cc1. The zero-order chi connectivity index (χ0) is 14.8. The molecule has 1 aromatic carbocycles. The molecule has 22 heavy (non-hydrogen) atoms. The third kappa shape index (κ3) is 2.87. The van der Waals surface area contributed by atoms with Crippen LogP contribution in [0, 0.1) is 0 Å². The lowest BCUT2D eigenvalue weighted by Crippen LogP contribution is -2.36. The summed E-state index contributed by atoms with van der Waals surface area (Å²) in [5.41, 5.74) is 3.23. The first kappa shape index (κ1) is 13.8. The van der Waals surface area contributed by atoms with Gasteiger partial charge >= 0.3 is 0 Å². The number of anilines is 1. The van der Waals surface area contributed by atoms with Crippen LogP contribution in [0.3, 0.4) is 0 Å². The van der Waals surface area contributed by atoms with E-state index in [0.29, 0.717) is 6.04 Å². The average molecular weight is 299 g/mol. The van der Waals surface area contributed by atoms with Crippen LogP contribution in [0.5, 0.6) is 0 Å². The first-order chi connectivity index (χ1) is 10.9. The number of hydrogen-bond donors (Lipinski definition) is 1. The van der Waals surface area contributed by atoms with Gasteiger partial charge in [-0.25, -0.2) is 0 Å². The van der Waals surface area contributed by atoms with Crippen LogP contribution in [0.4, 0.5) is 5.88 Å². The summed E-state index contributed by atoms with van der Waals surface area (Å²) in [7, 11) is 0. The highest BCUT2D eigenvalue weighted by Crippen LogP contribution is 2.32. The Bertz CT molecular complexity index is 616. The second-order valence-electron chi connectivity index (χ2n) is 5.94. The van der Waals surface area contributed by atoms with Crippen LogP contribution in [-0.2, 0) is 11.3 Å². The molecule has 2 aliphatic rings. The summed E-state index contributed by atoms with van der Waals surface area (Å²) in [6, 6.07) is 10.9. The second-order valence-corrected chi connectivity index (χ2v) is 5.94. The van der Waals surface area contributed by atoms with E-state index in [2.05, 4.69) is 27.5 Å². The van der Waals surface area contributed by atoms with Gasteiger partial charge in [-0.15, -0.1) is 0 Å². The molecule has 0 unspecified atom stereocenters. The van der Waals surface area contributed by atoms with Crippen molar-refractivity contribution in [2.75, 3.05) is 31.2 Å². The molecule has 1 N–H and O–H groups in total. The molecule has 5 heteroatoms. The summed E-state index contributed by atoms with van der Waals surface area (Å²) in [5, 5.41) is 7.95. The van der Waals surface area contributed by atoms with Gasteiger partial charge in [0.1, 0.15) is 5.69 Å². The van der Waals surface area contributed by atoms with Crippen molar-refractivity contribution in [1.82, 2.24) is 10.5 Å². The Kier molecular flexibility index (Phi) is 3.83. The smallest absolute Gasteiger partial charge is 0.232 e. The van der Waals surface area contributed by atoms with E-state index >= 15 is 0 Å². The van der Waals surface area contributed by atoms with Crippen LogP contribution in [0.15, 0.2) is 34.9 Å². The van der Waals surface area contributed by atoms with Crippen LogP contribution in [0.1, 0.15) is 18.4 Å². The van der Waals surface area contributed by atoms with Crippen molar-refractivity contribution in [3.8, 4) is 11.3 Å². The van der Waals surface area contributed by atoms with E-state index in [9.17, 15) is 0 Å². The Morgan fingerprint density at radius 2 is 1.91 bits per heavy atom. The van der Waals surface area contributed by atoms with Gasteiger partial charge in [0.25, 0.3) is 0 Å². The van der Waals surface area contributed by atoms with Crippen LogP contribution in [0.2, 0.25) is 0 Å². The van der Waals surface area contributed by atoms with Crippen molar-refractivity contribution in [2.24, 2.45) is 0 Å². The summed E-state index contributed by atoms with van der Waals surface area (Å²) >= 11 is 0. The van der Waals surface area contributed by atoms with Gasteiger partial charge in [0, 0.05) is 31.2 Å². The number of nitrogens with zero attached hydrogens (tertiary/aromatic N) is 2. The van der Waals surface area contributed by atoms with Crippen molar-refractivity contribution in [1.29, 1.82) is 0 Å². The number of benzene rings is 1. The summed E-state index contributed by atoms with van der Waals surface area (Å²) in [6.07, 6.45) is 2.55. The Balaban J connectivity index is 1.65. The topological polar surface area (TPSA) is 50.5 Å². The van der Waals surface area contributed by atoms with Gasteiger partial charge < -0.3 is 19.5 Å². The number of hydrogen-bond acceptors (Lipinski definition) is 5. The zero-order valence-electron chi connectivity index (χ0n) is 12.6. The van der Waals surface area contributed by atoms with Crippen LogP contribution in [0.25, 0.3) is 11.3 Å². The maximum absolute atomic E-state index is 5.72. The molecular formula is C17H21N3O2. The number of rotatable bonds is 5. The number of aromatic nitrogens is 1. The Morgan fingerprint density at radius 1 is 1.14 bits per heavy atom. The molecule has 0 radical (unpaired) electrons. The molecule has 2 aromatic rings. The van der Waals surface area contributed by atoms with Gasteiger partial charge in [0.05, 0.1) is 18.8 Å². The third-order valence-electron chi connectivity index (χ3n) is 4.26. The van der Waals surface area contributed by atoms with E-state index in [-0.39, 0.29) is 0 Å². The minimum atomic E-state index is 0.663. The maximum Gasteiger partial charge on any atom is 0.232 e. The van der Waals surface area contributed by atoms with Gasteiger partial charge in [0.2, 0.25) is 5.88 Å². The Morgan fingerprint density at radius 3 is 2.64 bits per heavy atom. The number of nitrogens with one attached hydrogen (secondary N) is 1. The van der Waals surface area contributed by atoms with Gasteiger partial charge in [-0.05, 0) is 12.8 Å². The normalized spacial score (nSPS) is 18.6. The fraction of sp³-hybridized carbons (Fsp3) is 0.471. The van der Waals surface area contributed by atoms with E-state index in [1.54, 1.807) is 0 Å². The van der Waals surface area contributed by atoms with Crippen molar-refractivity contribution in [2.45, 2.75) is 25.4 Å². The lowest BCUT2D eigenvalue weighted by atomic mass is 10.1. The molecule has 2 heterocycles. The van der Waals surface area contributed by atoms with E-state index in [4.69, 9.17) is 9.26 Å². The summed E-state index contributed by atoms with van der Waals surface area (Å²) < 4.78 is 11.2. The molecule has 1 aromatic heterocycles. The molecule has 5 nitrogen and oxygen atoms in total. The van der Waals surface area contributed by atoms with Crippen LogP contribution in [-0.4, -0.2) is 37.5 Å². The van der Waals surface area contributed by atoms with Gasteiger partial charge in [0.15, 0.2) is 0 Å². The third-order valence-corrected chi connectivity index (χ3v) is 4.26. The first-order valence-electron chi connectivity index (χ1n) is 8.02. The molecule has 1 saturated carbocycles. The molecule has 2 fully saturated rings. The predicted molar refractivity (Wildman–Crippen MR) is 84.8 cm³/mol. The molecule has 1 saturated heterocycles. The van der Waals surface area contributed by atoms with E-state index in [0.717, 1.165) is 50.0 Å². The van der Waals surface area contributed by atoms with E-state index < -0.39 is 0 Å². The monoisotopic (exact) mass is 299 g/mol. The fourth-order valence-electron chi connectivity index (χ4n) is 2.83. The van der Waals surface area contributed by atoms with Crippen LogP contribution >= 0.6 is 0 Å². The van der Waals surface area contributed by atoms with Crippen molar-refractivity contribution in [3.05, 3.63) is 35.9 Å². The molecule has 1 aliphatic carbocycles. The Labute approximate surface area is 130 Å². The standard InChI is InChI=1S/C17H21N3O2/c1-2-4-13(5-3-1)16-15(12-18-14-6-7-14)17(22-19-16)20-8-10-21-11-9-20/h1-5,14,18H,6-12H2. The lowest BCUT2D eigenvalue weighted by molar-refractivity contribution is 0.120. The van der Waals surface area contributed by atoms with Gasteiger partial charge in [-0.2, -0.15) is 0 Å². The number of morpholine rings is 1. The predicted octanol–water partition coefficient (Wildman–Crippen LogP) is 2.43. The highest BCUT2D eigenvalue weighted by atomic mass is 16.5. The highest BCUT2D eigenvalue weighted by molar-refractivity contribution is 5.68. The lowest BCUT2D eigenvalue weighted by Gasteiger charge is -2.26. The molecule has 4 rings (SSSR count). The molecule has 1 aliphatic heterocycles. The maximum atomic E-state index is 5.72. The molecule has 0 spiro atoms. The van der Waals surface area contributed by atoms with Crippen LogP contribution < -0.4 is 10.2 Å². The highest BCUT2D eigenvalue weighted by Gasteiger charge is 2.26. The second kappa shape index (κ2) is 6.10. The van der Waals surface area contributed by atoms with Crippen molar-refractivity contribution < 1.29 is 9.26 Å². The molecule has 0 atom stereocenters. The molecule has 0 bridgehead atoms. The molecule has 116 valence electrons. The van der Waals surface area contributed by atoms with E-state index in [1.807, 2.05) is 18.2 Å². The molecule has 0 amide bonds. The van der Waals surface area contributed by atoms with E-state index in [1.165, 1.54) is 18.4 Å². The van der Waals surface area contributed by atoms with Gasteiger partial charge in [-0.1, -0.05) is 35.5 Å². The van der Waals surface area contributed by atoms with Crippen molar-refractivity contribution in [3.63, 3.8) is 0 Å². The first-order valence-corrected chi connectivity index (χ1v) is 8.02. The fourth-order valence-corrected chi connectivity index (χ4v) is 2.83. The quantitative estimate of drug-likeness (QED) is 0.919. The molecular weight excluding hydrogens is 278 g/mol. The minimum Gasteiger partial charge on any atom is -0.378 e. The largest absolute Gasteiger partial charge is 0.378 e. The average Bonchev–Trinajstić information content (AvgIpc) is 3.32. The van der Waals surface area contributed by atoms with Crippen molar-refractivity contribution >= 4 is 5.88 Å². The Hall–Kier alpha value is -1.85. The summed E-state index contributed by atoms with van der Waals surface area (Å²) in [4.78, 5) is 2.24.